The molecule has 0 saturated carbocycles. The van der Waals surface area contributed by atoms with E-state index in [9.17, 15) is 18.0 Å². The molecule has 0 spiro atoms. The smallest absolute Gasteiger partial charge is 0.418 e. The largest absolute Gasteiger partial charge is 0.464 e. The van der Waals surface area contributed by atoms with E-state index in [2.05, 4.69) is 9.72 Å². The fraction of sp³-hybridized carbons (Fsp3) is 0.143. The molecule has 2 rings (SSSR count). The number of methoxy groups -OCH3 is 1. The number of esters is 1. The molecular weight excluding hydrogens is 321 g/mol. The molecule has 0 atom stereocenters. The summed E-state index contributed by atoms with van der Waals surface area (Å²) >= 11 is 5.84. The molecule has 0 unspecified atom stereocenters. The summed E-state index contributed by atoms with van der Waals surface area (Å²) in [7, 11) is 1.17. The molecule has 8 heteroatoms. The molecule has 0 amide bonds. The second-order valence-electron chi connectivity index (χ2n) is 4.32. The van der Waals surface area contributed by atoms with Crippen molar-refractivity contribution >= 4 is 23.3 Å². The van der Waals surface area contributed by atoms with Crippen molar-refractivity contribution in [2.45, 2.75) is 6.18 Å². The fourth-order valence-corrected chi connectivity index (χ4v) is 2.01. The number of nitrogens with two attached hydrogens (primary N) is 1. The Labute approximate surface area is 128 Å². The number of rotatable bonds is 2. The van der Waals surface area contributed by atoms with Gasteiger partial charge in [-0.1, -0.05) is 17.7 Å². The number of pyridine rings is 1. The summed E-state index contributed by atoms with van der Waals surface area (Å²) in [5.41, 5.74) is 4.53. The third-order valence-electron chi connectivity index (χ3n) is 2.88. The van der Waals surface area contributed by atoms with Gasteiger partial charge >= 0.3 is 12.1 Å². The molecule has 2 aromatic rings. The summed E-state index contributed by atoms with van der Waals surface area (Å²) in [6, 6.07) is 6.09. The Balaban J connectivity index is 2.49. The lowest BCUT2D eigenvalue weighted by Crippen LogP contribution is -2.09. The first kappa shape index (κ1) is 16.1. The SMILES string of the molecule is COC(=O)c1nc(-c2ccc(C(F)(F)F)c(N)c2)ccc1Cl. The van der Waals surface area contributed by atoms with Gasteiger partial charge in [0, 0.05) is 11.3 Å². The maximum absolute atomic E-state index is 12.7. The predicted octanol–water partition coefficient (Wildman–Crippen LogP) is 3.79. The van der Waals surface area contributed by atoms with E-state index in [1.807, 2.05) is 0 Å². The first-order valence-electron chi connectivity index (χ1n) is 5.96. The van der Waals surface area contributed by atoms with Gasteiger partial charge in [0.15, 0.2) is 5.69 Å². The van der Waals surface area contributed by atoms with E-state index in [0.29, 0.717) is 5.56 Å². The molecular formula is C14H10ClF3N2O2. The van der Waals surface area contributed by atoms with Crippen molar-refractivity contribution in [2.75, 3.05) is 12.8 Å². The van der Waals surface area contributed by atoms with Crippen LogP contribution in [-0.4, -0.2) is 18.1 Å². The standard InChI is InChI=1S/C14H10ClF3N2O2/c1-22-13(21)12-9(15)4-5-11(20-12)7-2-3-8(10(19)6-7)14(16,17)18/h2-6H,19H2,1H3. The number of benzene rings is 1. The van der Waals surface area contributed by atoms with Crippen molar-refractivity contribution in [2.24, 2.45) is 0 Å². The van der Waals surface area contributed by atoms with Gasteiger partial charge in [-0.2, -0.15) is 13.2 Å². The van der Waals surface area contributed by atoms with Crippen LogP contribution in [0.25, 0.3) is 11.3 Å². The first-order valence-corrected chi connectivity index (χ1v) is 6.33. The van der Waals surface area contributed by atoms with Crippen molar-refractivity contribution in [3.63, 3.8) is 0 Å². The number of hydrogen-bond acceptors (Lipinski definition) is 4. The number of nitrogens with zero attached hydrogens (tertiary/aromatic N) is 1. The van der Waals surface area contributed by atoms with E-state index in [0.717, 1.165) is 12.1 Å². The molecule has 0 bridgehead atoms. The quantitative estimate of drug-likeness (QED) is 0.672. The summed E-state index contributed by atoms with van der Waals surface area (Å²) < 4.78 is 42.6. The molecule has 0 saturated heterocycles. The molecule has 0 aliphatic carbocycles. The summed E-state index contributed by atoms with van der Waals surface area (Å²) in [4.78, 5) is 15.5. The van der Waals surface area contributed by atoms with Gasteiger partial charge in [0.25, 0.3) is 0 Å². The van der Waals surface area contributed by atoms with Crippen LogP contribution in [0.4, 0.5) is 18.9 Å². The Morgan fingerprint density at radius 2 is 1.95 bits per heavy atom. The lowest BCUT2D eigenvalue weighted by atomic mass is 10.1. The molecule has 0 fully saturated rings. The normalized spacial score (nSPS) is 11.3. The number of hydrogen-bond donors (Lipinski definition) is 1. The zero-order valence-corrected chi connectivity index (χ0v) is 12.0. The Hall–Kier alpha value is -2.28. The Bertz CT molecular complexity index is 733. The molecule has 116 valence electrons. The van der Waals surface area contributed by atoms with Crippen LogP contribution in [0.1, 0.15) is 16.1 Å². The maximum Gasteiger partial charge on any atom is 0.418 e. The van der Waals surface area contributed by atoms with Gasteiger partial charge in [-0.3, -0.25) is 0 Å². The zero-order valence-electron chi connectivity index (χ0n) is 11.2. The van der Waals surface area contributed by atoms with E-state index in [4.69, 9.17) is 17.3 Å². The lowest BCUT2D eigenvalue weighted by molar-refractivity contribution is -0.136. The Kier molecular flexibility index (Phi) is 4.27. The van der Waals surface area contributed by atoms with E-state index >= 15 is 0 Å². The average molecular weight is 331 g/mol. The molecule has 22 heavy (non-hydrogen) atoms. The topological polar surface area (TPSA) is 65.2 Å². The van der Waals surface area contributed by atoms with Gasteiger partial charge in [-0.25, -0.2) is 9.78 Å². The molecule has 1 aromatic heterocycles. The van der Waals surface area contributed by atoms with Crippen LogP contribution in [0.3, 0.4) is 0 Å². The zero-order chi connectivity index (χ0) is 16.5. The minimum Gasteiger partial charge on any atom is -0.464 e. The van der Waals surface area contributed by atoms with Gasteiger partial charge in [0.2, 0.25) is 0 Å². The van der Waals surface area contributed by atoms with Gasteiger partial charge in [-0.15, -0.1) is 0 Å². The second-order valence-corrected chi connectivity index (χ2v) is 4.73. The van der Waals surface area contributed by atoms with Crippen LogP contribution >= 0.6 is 11.6 Å². The number of halogens is 4. The highest BCUT2D eigenvalue weighted by Gasteiger charge is 2.32. The van der Waals surface area contributed by atoms with Crippen molar-refractivity contribution < 1.29 is 22.7 Å². The Morgan fingerprint density at radius 3 is 2.50 bits per heavy atom. The second kappa shape index (κ2) is 5.84. The van der Waals surface area contributed by atoms with Gasteiger partial charge in [-0.05, 0) is 24.3 Å². The number of nitrogen functional groups attached to an aromatic ring is 1. The molecule has 1 aromatic carbocycles. The Morgan fingerprint density at radius 1 is 1.27 bits per heavy atom. The minimum atomic E-state index is -4.53. The van der Waals surface area contributed by atoms with Crippen molar-refractivity contribution in [1.82, 2.24) is 4.98 Å². The van der Waals surface area contributed by atoms with Crippen LogP contribution in [0, 0.1) is 0 Å². The van der Waals surface area contributed by atoms with Crippen LogP contribution in [0.5, 0.6) is 0 Å². The molecule has 0 aliphatic rings. The summed E-state index contributed by atoms with van der Waals surface area (Å²) in [5.74, 6) is -0.744. The van der Waals surface area contributed by atoms with Crippen molar-refractivity contribution in [3.05, 3.63) is 46.6 Å². The minimum absolute atomic E-state index is 0.0792. The van der Waals surface area contributed by atoms with Crippen LogP contribution in [0.2, 0.25) is 5.02 Å². The fourth-order valence-electron chi connectivity index (χ4n) is 1.82. The summed E-state index contributed by atoms with van der Waals surface area (Å²) in [6.45, 7) is 0. The first-order chi connectivity index (χ1) is 10.2. The number of aromatic nitrogens is 1. The van der Waals surface area contributed by atoms with Crippen molar-refractivity contribution in [1.29, 1.82) is 0 Å². The highest BCUT2D eigenvalue weighted by molar-refractivity contribution is 6.33. The lowest BCUT2D eigenvalue weighted by Gasteiger charge is -2.11. The number of ether oxygens (including phenoxy) is 1. The number of anilines is 1. The van der Waals surface area contributed by atoms with Crippen molar-refractivity contribution in [3.8, 4) is 11.3 Å². The molecule has 1 heterocycles. The molecule has 2 N–H and O–H groups in total. The monoisotopic (exact) mass is 330 g/mol. The highest BCUT2D eigenvalue weighted by atomic mass is 35.5. The average Bonchev–Trinajstić information content (AvgIpc) is 2.45. The highest BCUT2D eigenvalue weighted by Crippen LogP contribution is 2.35. The number of alkyl halides is 3. The molecule has 0 radical (unpaired) electrons. The van der Waals surface area contributed by atoms with E-state index in [-0.39, 0.29) is 16.4 Å². The van der Waals surface area contributed by atoms with E-state index in [1.165, 1.54) is 25.3 Å². The summed E-state index contributed by atoms with van der Waals surface area (Å²) in [5, 5.41) is 0.0792. The van der Waals surface area contributed by atoms with E-state index in [1.54, 1.807) is 0 Å². The molecule has 0 aliphatic heterocycles. The third-order valence-corrected chi connectivity index (χ3v) is 3.18. The van der Waals surface area contributed by atoms with Gasteiger partial charge in [0.1, 0.15) is 0 Å². The van der Waals surface area contributed by atoms with Crippen LogP contribution < -0.4 is 5.73 Å². The number of carbonyl (C=O) groups excluding carboxylic acids is 1. The summed E-state index contributed by atoms with van der Waals surface area (Å²) in [6.07, 6.45) is -4.53. The van der Waals surface area contributed by atoms with Gasteiger partial charge in [0.05, 0.1) is 23.4 Å². The molecule has 4 nitrogen and oxygen atoms in total. The maximum atomic E-state index is 12.7. The number of carbonyl (C=O) groups is 1. The van der Waals surface area contributed by atoms with E-state index < -0.39 is 23.4 Å². The van der Waals surface area contributed by atoms with Gasteiger partial charge < -0.3 is 10.5 Å². The third kappa shape index (κ3) is 3.14. The predicted molar refractivity (Wildman–Crippen MR) is 75.4 cm³/mol. The van der Waals surface area contributed by atoms with Crippen LogP contribution in [0.15, 0.2) is 30.3 Å². The van der Waals surface area contributed by atoms with Crippen LogP contribution in [-0.2, 0) is 10.9 Å².